The van der Waals surface area contributed by atoms with Crippen molar-refractivity contribution in [2.75, 3.05) is 0 Å². The fourth-order valence-corrected chi connectivity index (χ4v) is 0.713. The third kappa shape index (κ3) is 1.97. The molecule has 0 bridgehead atoms. The Kier molecular flexibility index (Phi) is 2.11. The molecule has 1 aromatic rings. The van der Waals surface area contributed by atoms with Crippen molar-refractivity contribution in [1.29, 1.82) is 0 Å². The Labute approximate surface area is 64.5 Å². The quantitative estimate of drug-likeness (QED) is 0.643. The summed E-state index contributed by atoms with van der Waals surface area (Å²) >= 11 is 0. The minimum absolute atomic E-state index is 0.471. The van der Waals surface area contributed by atoms with Crippen LogP contribution in [0, 0.1) is 6.92 Å². The van der Waals surface area contributed by atoms with E-state index in [1.54, 1.807) is 12.3 Å². The maximum atomic E-state index is 10.3. The molecule has 1 amide bonds. The van der Waals surface area contributed by atoms with Gasteiger partial charge in [0.2, 0.25) is 5.91 Å². The van der Waals surface area contributed by atoms with Crippen LogP contribution in [0.15, 0.2) is 22.8 Å². The summed E-state index contributed by atoms with van der Waals surface area (Å²) in [6, 6.07) is 1.82. The Morgan fingerprint density at radius 2 is 2.45 bits per heavy atom. The lowest BCUT2D eigenvalue weighted by molar-refractivity contribution is -0.113. The van der Waals surface area contributed by atoms with Crippen molar-refractivity contribution in [2.24, 2.45) is 5.73 Å². The molecule has 0 saturated heterocycles. The summed E-state index contributed by atoms with van der Waals surface area (Å²) in [7, 11) is 0. The van der Waals surface area contributed by atoms with Gasteiger partial charge in [0.25, 0.3) is 0 Å². The van der Waals surface area contributed by atoms with Gasteiger partial charge in [-0.1, -0.05) is 0 Å². The number of nitrogens with two attached hydrogens (primary N) is 1. The van der Waals surface area contributed by atoms with Crippen molar-refractivity contribution in [1.82, 2.24) is 0 Å². The third-order valence-electron chi connectivity index (χ3n) is 1.30. The van der Waals surface area contributed by atoms with Crippen LogP contribution >= 0.6 is 0 Å². The van der Waals surface area contributed by atoms with E-state index in [-0.39, 0.29) is 0 Å². The van der Waals surface area contributed by atoms with Gasteiger partial charge in [0.1, 0.15) is 5.76 Å². The molecule has 0 aliphatic rings. The van der Waals surface area contributed by atoms with Crippen LogP contribution in [0.3, 0.4) is 0 Å². The van der Waals surface area contributed by atoms with E-state index >= 15 is 0 Å². The molecule has 0 saturated carbocycles. The number of rotatable bonds is 2. The molecule has 0 spiro atoms. The van der Waals surface area contributed by atoms with Gasteiger partial charge in [-0.25, -0.2) is 0 Å². The van der Waals surface area contributed by atoms with E-state index in [0.29, 0.717) is 5.76 Å². The van der Waals surface area contributed by atoms with E-state index < -0.39 is 5.91 Å². The third-order valence-corrected chi connectivity index (χ3v) is 1.30. The highest BCUT2D eigenvalue weighted by Crippen LogP contribution is 2.09. The SMILES string of the molecule is Cc1ccoc1C=CC(N)=O. The van der Waals surface area contributed by atoms with Gasteiger partial charge in [-0.15, -0.1) is 0 Å². The average Bonchev–Trinajstić information content (AvgIpc) is 2.31. The molecule has 0 aromatic carbocycles. The second-order valence-electron chi connectivity index (χ2n) is 2.20. The van der Waals surface area contributed by atoms with E-state index in [9.17, 15) is 4.79 Å². The van der Waals surface area contributed by atoms with Gasteiger partial charge in [0, 0.05) is 6.08 Å². The molecule has 11 heavy (non-hydrogen) atoms. The highest BCUT2D eigenvalue weighted by atomic mass is 16.3. The lowest BCUT2D eigenvalue weighted by atomic mass is 10.2. The van der Waals surface area contributed by atoms with Gasteiger partial charge in [0.05, 0.1) is 6.26 Å². The van der Waals surface area contributed by atoms with Crippen molar-refractivity contribution in [3.8, 4) is 0 Å². The zero-order valence-electron chi connectivity index (χ0n) is 6.20. The van der Waals surface area contributed by atoms with Gasteiger partial charge < -0.3 is 10.2 Å². The number of amides is 1. The molecule has 3 nitrogen and oxygen atoms in total. The fourth-order valence-electron chi connectivity index (χ4n) is 0.713. The normalized spacial score (nSPS) is 10.6. The van der Waals surface area contributed by atoms with Crippen LogP contribution in [0.4, 0.5) is 0 Å². The van der Waals surface area contributed by atoms with Crippen LogP contribution in [0.2, 0.25) is 0 Å². The monoisotopic (exact) mass is 151 g/mol. The Morgan fingerprint density at radius 1 is 1.73 bits per heavy atom. The second kappa shape index (κ2) is 3.05. The molecule has 0 unspecified atom stereocenters. The molecule has 3 heteroatoms. The molecule has 1 rings (SSSR count). The molecule has 2 N–H and O–H groups in total. The molecule has 58 valence electrons. The Balaban J connectivity index is 2.79. The zero-order chi connectivity index (χ0) is 8.27. The summed E-state index contributed by atoms with van der Waals surface area (Å²) in [5.74, 6) is 0.199. The Hall–Kier alpha value is -1.51. The number of hydrogen-bond acceptors (Lipinski definition) is 2. The van der Waals surface area contributed by atoms with Gasteiger partial charge >= 0.3 is 0 Å². The van der Waals surface area contributed by atoms with Gasteiger partial charge in [-0.3, -0.25) is 4.79 Å². The molecular weight excluding hydrogens is 142 g/mol. The van der Waals surface area contributed by atoms with Crippen LogP contribution in [0.1, 0.15) is 11.3 Å². The summed E-state index contributed by atoms with van der Waals surface area (Å²) in [5, 5.41) is 0. The summed E-state index contributed by atoms with van der Waals surface area (Å²) in [4.78, 5) is 10.3. The maximum absolute atomic E-state index is 10.3. The summed E-state index contributed by atoms with van der Waals surface area (Å²) in [6.07, 6.45) is 4.39. The van der Waals surface area contributed by atoms with Crippen LogP contribution in [-0.2, 0) is 4.79 Å². The van der Waals surface area contributed by atoms with Crippen molar-refractivity contribution in [2.45, 2.75) is 6.92 Å². The minimum atomic E-state index is -0.471. The van der Waals surface area contributed by atoms with Gasteiger partial charge in [-0.05, 0) is 24.6 Å². The van der Waals surface area contributed by atoms with Crippen molar-refractivity contribution in [3.63, 3.8) is 0 Å². The summed E-state index contributed by atoms with van der Waals surface area (Å²) in [5.41, 5.74) is 5.88. The number of primary amides is 1. The molecule has 0 aliphatic carbocycles. The molecule has 0 radical (unpaired) electrons. The lowest BCUT2D eigenvalue weighted by Gasteiger charge is -1.85. The smallest absolute Gasteiger partial charge is 0.241 e. The first-order valence-electron chi connectivity index (χ1n) is 3.22. The van der Waals surface area contributed by atoms with Crippen LogP contribution in [0.25, 0.3) is 6.08 Å². The predicted octanol–water partition coefficient (Wildman–Crippen LogP) is 1.09. The molecule has 0 aliphatic heterocycles. The van der Waals surface area contributed by atoms with E-state index in [1.165, 1.54) is 6.08 Å². The molecule has 1 aromatic heterocycles. The first-order chi connectivity index (χ1) is 5.20. The zero-order valence-corrected chi connectivity index (χ0v) is 6.20. The number of aryl methyl sites for hydroxylation is 1. The molecule has 0 fully saturated rings. The van der Waals surface area contributed by atoms with Crippen LogP contribution in [-0.4, -0.2) is 5.91 Å². The first kappa shape index (κ1) is 7.60. The van der Waals surface area contributed by atoms with Crippen LogP contribution < -0.4 is 5.73 Å². The number of carbonyl (C=O) groups is 1. The van der Waals surface area contributed by atoms with E-state index in [1.807, 2.05) is 13.0 Å². The van der Waals surface area contributed by atoms with Crippen molar-refractivity contribution < 1.29 is 9.21 Å². The highest BCUT2D eigenvalue weighted by molar-refractivity contribution is 5.90. The lowest BCUT2D eigenvalue weighted by Crippen LogP contribution is -2.05. The van der Waals surface area contributed by atoms with Crippen LogP contribution in [0.5, 0.6) is 0 Å². The van der Waals surface area contributed by atoms with E-state index in [0.717, 1.165) is 5.56 Å². The topological polar surface area (TPSA) is 56.2 Å². The maximum Gasteiger partial charge on any atom is 0.241 e. The summed E-state index contributed by atoms with van der Waals surface area (Å²) in [6.45, 7) is 1.89. The Morgan fingerprint density at radius 3 is 2.91 bits per heavy atom. The molecule has 1 heterocycles. The summed E-state index contributed by atoms with van der Waals surface area (Å²) < 4.78 is 5.02. The van der Waals surface area contributed by atoms with Crippen molar-refractivity contribution >= 4 is 12.0 Å². The molecular formula is C8H9NO2. The van der Waals surface area contributed by atoms with Crippen molar-refractivity contribution in [3.05, 3.63) is 29.7 Å². The van der Waals surface area contributed by atoms with Gasteiger partial charge in [-0.2, -0.15) is 0 Å². The largest absolute Gasteiger partial charge is 0.465 e. The number of carbonyl (C=O) groups excluding carboxylic acids is 1. The number of furan rings is 1. The Bertz CT molecular complexity index is 286. The fraction of sp³-hybridized carbons (Fsp3) is 0.125. The minimum Gasteiger partial charge on any atom is -0.465 e. The van der Waals surface area contributed by atoms with Gasteiger partial charge in [0.15, 0.2) is 0 Å². The highest BCUT2D eigenvalue weighted by Gasteiger charge is 1.95. The molecule has 0 atom stereocenters. The standard InChI is InChI=1S/C8H9NO2/c1-6-4-5-11-7(6)2-3-8(9)10/h2-5H,1H3,(H2,9,10). The first-order valence-corrected chi connectivity index (χ1v) is 3.22. The average molecular weight is 151 g/mol. The number of hydrogen-bond donors (Lipinski definition) is 1. The second-order valence-corrected chi connectivity index (χ2v) is 2.20. The van der Waals surface area contributed by atoms with E-state index in [4.69, 9.17) is 10.2 Å². The predicted molar refractivity (Wildman–Crippen MR) is 41.7 cm³/mol. The van der Waals surface area contributed by atoms with E-state index in [2.05, 4.69) is 0 Å².